The Kier molecular flexibility index (Phi) is 24.8. The first-order valence-corrected chi connectivity index (χ1v) is 26.7. The number of nitrogens with zero attached hydrogens (tertiary/aromatic N) is 3. The van der Waals surface area contributed by atoms with Crippen LogP contribution in [0.4, 0.5) is 4.79 Å². The summed E-state index contributed by atoms with van der Waals surface area (Å²) in [6.07, 6.45) is -5.42. The van der Waals surface area contributed by atoms with Crippen LogP contribution in [0, 0.1) is 41.9 Å². The molecule has 0 aliphatic carbocycles. The lowest BCUT2D eigenvalue weighted by Gasteiger charge is -2.41. The average molecular weight is 1100 g/mol. The average Bonchev–Trinajstić information content (AvgIpc) is 3.90. The topological polar surface area (TPSA) is 281 Å². The lowest BCUT2D eigenvalue weighted by Crippen LogP contribution is -2.61. The quantitative estimate of drug-likeness (QED) is 0.0658. The first-order valence-electron chi connectivity index (χ1n) is 26.7. The van der Waals surface area contributed by atoms with Gasteiger partial charge >= 0.3 is 12.1 Å². The molecular weight excluding hydrogens is 1010 g/mol. The van der Waals surface area contributed by atoms with Crippen molar-refractivity contribution in [3.63, 3.8) is 0 Å². The van der Waals surface area contributed by atoms with Gasteiger partial charge in [0.25, 0.3) is 0 Å². The molecule has 21 nitrogen and oxygen atoms in total. The minimum Gasteiger partial charge on any atom is -0.480 e. The summed E-state index contributed by atoms with van der Waals surface area (Å²) in [4.78, 5) is 87.2. The molecular formula is C57H84N4O17. The Hall–Kier alpha value is -5.86. The second-order valence-electron chi connectivity index (χ2n) is 21.2. The number of benzene rings is 2. The molecule has 6 N–H and O–H groups in total. The number of aliphatic carboxylic acids is 1. The van der Waals surface area contributed by atoms with Gasteiger partial charge in [0, 0.05) is 58.8 Å². The Labute approximate surface area is 458 Å². The molecule has 78 heavy (non-hydrogen) atoms. The van der Waals surface area contributed by atoms with E-state index in [9.17, 15) is 54.3 Å². The highest BCUT2D eigenvalue weighted by atomic mass is 16.7. The number of carbonyl (C=O) groups is 6. The summed E-state index contributed by atoms with van der Waals surface area (Å²) >= 11 is 0. The van der Waals surface area contributed by atoms with Crippen LogP contribution in [0.25, 0.3) is 0 Å². The molecule has 4 amide bonds. The number of likely N-dealkylation sites (tertiary alicyclic amines) is 1. The summed E-state index contributed by atoms with van der Waals surface area (Å²) < 4.78 is 34.3. The maximum absolute atomic E-state index is 14.8. The van der Waals surface area contributed by atoms with Crippen LogP contribution in [0.15, 0.2) is 48.5 Å². The molecule has 0 radical (unpaired) electrons. The van der Waals surface area contributed by atoms with E-state index in [4.69, 9.17) is 34.8 Å². The van der Waals surface area contributed by atoms with Crippen LogP contribution < -0.4 is 14.8 Å². The standard InChI is InChI=1S/C57H84N4O17/c1-14-26-75-42-27-38(77-56-50(67)48(65)49(66)52(78-56)55(70)71)24-23-37(42)30-76-57(72)60(11)45(32(5)6)41(62)28-39(31(3)4)54(69)59(10)46(33(7)15-2)43(73-12)29-44(63)61-25-19-22-40(61)51(74-13)34(8)53(68)58-35(9)47(64)36-20-17-16-18-21-36/h1,16-18,20-21,23-24,27,31-35,39-40,43,45-52,56,64-67H,15,19,22,25-26,28-30H2,2-13H3,(H,58,68)(H,70,71)/t33?,34-,35-,39+,40+,43-,45+,46+,47-,48+,49+,50-,51-,52+,56?/m1/s1. The SMILES string of the molecule is C#CCOc1cc(OC2O[C@H](C(=O)O)[C@@H](O)[C@H](O)[C@H]2O)ccc1COC(=O)N(C)[C@H](C(=O)C[C@H](C(=O)N(C)[C@@H](C(C)CC)[C@@H](CC(=O)N1CCC[C@H]1[C@H](OC)[C@@H](C)C(=O)N[C@H](C)[C@@H](O)c1ccccc1)OC)C(C)C)C(C)C. The van der Waals surface area contributed by atoms with E-state index in [0.717, 1.165) is 0 Å². The molecule has 2 heterocycles. The minimum atomic E-state index is -1.93. The first kappa shape index (κ1) is 64.7. The third-order valence-electron chi connectivity index (χ3n) is 15.2. The van der Waals surface area contributed by atoms with Crippen molar-refractivity contribution < 1.29 is 82.7 Å². The molecule has 15 atom stereocenters. The number of hydrogen-bond acceptors (Lipinski definition) is 16. The van der Waals surface area contributed by atoms with E-state index < -0.39 is 103 Å². The maximum atomic E-state index is 14.8. The molecule has 2 aromatic carbocycles. The molecule has 0 saturated carbocycles. The van der Waals surface area contributed by atoms with E-state index >= 15 is 0 Å². The summed E-state index contributed by atoms with van der Waals surface area (Å²) in [6, 6.07) is 10.6. The Bertz CT molecular complexity index is 2350. The van der Waals surface area contributed by atoms with E-state index in [2.05, 4.69) is 11.2 Å². The summed E-state index contributed by atoms with van der Waals surface area (Å²) in [6.45, 7) is 14.5. The highest BCUT2D eigenvalue weighted by Crippen LogP contribution is 2.33. The molecule has 2 aliphatic heterocycles. The zero-order valence-corrected chi connectivity index (χ0v) is 47.1. The van der Waals surface area contributed by atoms with Gasteiger partial charge in [-0.25, -0.2) is 9.59 Å². The Morgan fingerprint density at radius 3 is 2.13 bits per heavy atom. The van der Waals surface area contributed by atoms with Gasteiger partial charge in [0.15, 0.2) is 11.9 Å². The van der Waals surface area contributed by atoms with Gasteiger partial charge in [-0.1, -0.05) is 91.1 Å². The number of Topliss-reactive ketones (excluding diaryl/α,β-unsaturated/α-hetero) is 1. The second kappa shape index (κ2) is 29.9. The number of nitrogens with one attached hydrogen (secondary N) is 1. The van der Waals surface area contributed by atoms with Crippen molar-refractivity contribution in [2.75, 3.05) is 41.5 Å². The van der Waals surface area contributed by atoms with Crippen LogP contribution in [-0.2, 0) is 49.5 Å². The number of amides is 4. The van der Waals surface area contributed by atoms with Crippen molar-refractivity contribution in [2.45, 2.75) is 167 Å². The Morgan fingerprint density at radius 1 is 0.885 bits per heavy atom. The second-order valence-corrected chi connectivity index (χ2v) is 21.2. The van der Waals surface area contributed by atoms with Crippen LogP contribution in [0.3, 0.4) is 0 Å². The maximum Gasteiger partial charge on any atom is 0.410 e. The molecule has 2 aromatic rings. The molecule has 2 fully saturated rings. The van der Waals surface area contributed by atoms with Crippen molar-refractivity contribution in [3.8, 4) is 23.8 Å². The van der Waals surface area contributed by atoms with Crippen LogP contribution in [0.2, 0.25) is 0 Å². The zero-order valence-electron chi connectivity index (χ0n) is 47.1. The van der Waals surface area contributed by atoms with Crippen molar-refractivity contribution >= 4 is 35.6 Å². The fourth-order valence-electron chi connectivity index (χ4n) is 10.5. The number of rotatable bonds is 28. The van der Waals surface area contributed by atoms with Gasteiger partial charge in [0.2, 0.25) is 24.0 Å². The number of ketones is 1. The van der Waals surface area contributed by atoms with Gasteiger partial charge in [0.1, 0.15) is 43.0 Å². The minimum absolute atomic E-state index is 0.0212. The lowest BCUT2D eigenvalue weighted by atomic mass is 9.83. The van der Waals surface area contributed by atoms with Crippen molar-refractivity contribution in [1.29, 1.82) is 0 Å². The molecule has 21 heteroatoms. The smallest absolute Gasteiger partial charge is 0.410 e. The van der Waals surface area contributed by atoms with Crippen LogP contribution in [-0.4, -0.2) is 184 Å². The molecule has 0 bridgehead atoms. The fraction of sp³-hybridized carbons (Fsp3) is 0.649. The van der Waals surface area contributed by atoms with E-state index in [1.807, 2.05) is 45.9 Å². The van der Waals surface area contributed by atoms with Gasteiger partial charge in [-0.15, -0.1) is 6.42 Å². The van der Waals surface area contributed by atoms with Gasteiger partial charge in [-0.2, -0.15) is 0 Å². The van der Waals surface area contributed by atoms with Crippen molar-refractivity contribution in [2.24, 2.45) is 29.6 Å². The van der Waals surface area contributed by atoms with E-state index in [-0.39, 0.29) is 72.9 Å². The van der Waals surface area contributed by atoms with Gasteiger partial charge in [-0.05, 0) is 55.2 Å². The van der Waals surface area contributed by atoms with Gasteiger partial charge in [0.05, 0.1) is 54.8 Å². The number of methoxy groups -OCH3 is 2. The molecule has 434 valence electrons. The Balaban J connectivity index is 1.46. The first-order chi connectivity index (χ1) is 36.8. The molecule has 0 aromatic heterocycles. The molecule has 2 unspecified atom stereocenters. The number of carboxylic acids is 1. The number of terminal acetylenes is 1. The highest BCUT2D eigenvalue weighted by molar-refractivity contribution is 5.92. The number of aliphatic hydroxyl groups is 4. The fourth-order valence-corrected chi connectivity index (χ4v) is 10.5. The largest absolute Gasteiger partial charge is 0.480 e. The highest BCUT2D eigenvalue weighted by Gasteiger charge is 2.49. The van der Waals surface area contributed by atoms with Crippen LogP contribution in [0.1, 0.15) is 105 Å². The number of carboxylic acid groups (broad SMARTS) is 1. The molecule has 4 rings (SSSR count). The third-order valence-corrected chi connectivity index (χ3v) is 15.2. The van der Waals surface area contributed by atoms with E-state index in [0.29, 0.717) is 36.9 Å². The lowest BCUT2D eigenvalue weighted by molar-refractivity contribution is -0.271. The third kappa shape index (κ3) is 16.1. The molecule has 2 aliphatic rings. The molecule has 2 saturated heterocycles. The summed E-state index contributed by atoms with van der Waals surface area (Å²) in [5.74, 6) is -2.87. The number of hydrogen-bond donors (Lipinski definition) is 6. The van der Waals surface area contributed by atoms with Crippen LogP contribution >= 0.6 is 0 Å². The number of ether oxygens (including phenoxy) is 6. The van der Waals surface area contributed by atoms with E-state index in [1.165, 1.54) is 44.4 Å². The number of aliphatic hydroxyl groups excluding tert-OH is 4. The Morgan fingerprint density at radius 2 is 1.55 bits per heavy atom. The summed E-state index contributed by atoms with van der Waals surface area (Å²) in [7, 11) is 6.10. The monoisotopic (exact) mass is 1100 g/mol. The zero-order chi connectivity index (χ0) is 58.3. The van der Waals surface area contributed by atoms with Gasteiger partial charge < -0.3 is 74.0 Å². The van der Waals surface area contributed by atoms with Crippen LogP contribution in [0.5, 0.6) is 11.5 Å². The number of carbonyl (C=O) groups excluding carboxylic acids is 5. The van der Waals surface area contributed by atoms with Crippen molar-refractivity contribution in [1.82, 2.24) is 20.0 Å². The van der Waals surface area contributed by atoms with E-state index in [1.54, 1.807) is 56.7 Å². The normalized spacial score (nSPS) is 22.9. The predicted molar refractivity (Wildman–Crippen MR) is 285 cm³/mol. The van der Waals surface area contributed by atoms with Crippen molar-refractivity contribution in [3.05, 3.63) is 59.7 Å². The predicted octanol–water partition coefficient (Wildman–Crippen LogP) is 3.95. The number of likely N-dealkylation sites (N-methyl/N-ethyl adjacent to an activating group) is 2. The van der Waals surface area contributed by atoms with Gasteiger partial charge in [-0.3, -0.25) is 19.2 Å². The summed E-state index contributed by atoms with van der Waals surface area (Å²) in [5.41, 5.74) is 0.972. The molecule has 0 spiro atoms. The summed E-state index contributed by atoms with van der Waals surface area (Å²) in [5, 5.41) is 54.1.